The lowest BCUT2D eigenvalue weighted by Gasteiger charge is -2.19. The fourth-order valence-corrected chi connectivity index (χ4v) is 2.75. The van der Waals surface area contributed by atoms with E-state index in [1.165, 1.54) is 11.3 Å². The second-order valence-electron chi connectivity index (χ2n) is 3.78. The summed E-state index contributed by atoms with van der Waals surface area (Å²) in [6, 6.07) is 9.61. The van der Waals surface area contributed by atoms with E-state index in [-0.39, 0.29) is 5.91 Å². The van der Waals surface area contributed by atoms with Crippen molar-refractivity contribution in [1.82, 2.24) is 4.98 Å². The highest BCUT2D eigenvalue weighted by Crippen LogP contribution is 2.29. The van der Waals surface area contributed by atoms with Crippen LogP contribution in [0.2, 0.25) is 0 Å². The number of alkyl halides is 1. The number of carbonyl (C=O) groups is 1. The Morgan fingerprint density at radius 1 is 1.39 bits per heavy atom. The summed E-state index contributed by atoms with van der Waals surface area (Å²) in [5.41, 5.74) is 1.79. The van der Waals surface area contributed by atoms with Gasteiger partial charge in [-0.2, -0.15) is 0 Å². The van der Waals surface area contributed by atoms with Gasteiger partial charge in [-0.15, -0.1) is 11.3 Å². The summed E-state index contributed by atoms with van der Waals surface area (Å²) in [6.07, 6.45) is 0.452. The number of aryl methyl sites for hydroxylation is 1. The highest BCUT2D eigenvalue weighted by Gasteiger charge is 2.19. The molecule has 18 heavy (non-hydrogen) atoms. The highest BCUT2D eigenvalue weighted by molar-refractivity contribution is 9.09. The number of benzene rings is 1. The standard InChI is InChI=1S/C13H13BrN2OS/c1-10-9-18-13(15-10)16(12(17)7-8-14)11-5-3-2-4-6-11/h2-6,9H,7-8H2,1H3. The molecule has 0 atom stereocenters. The average Bonchev–Trinajstić information content (AvgIpc) is 2.78. The number of nitrogens with zero attached hydrogens (tertiary/aromatic N) is 2. The van der Waals surface area contributed by atoms with Crippen LogP contribution in [0.3, 0.4) is 0 Å². The Kier molecular flexibility index (Phi) is 4.49. The molecule has 0 saturated heterocycles. The molecule has 0 unspecified atom stereocenters. The van der Waals surface area contributed by atoms with Crippen LogP contribution in [0.15, 0.2) is 35.7 Å². The van der Waals surface area contributed by atoms with Crippen LogP contribution in [0.1, 0.15) is 12.1 Å². The maximum absolute atomic E-state index is 12.2. The summed E-state index contributed by atoms with van der Waals surface area (Å²) >= 11 is 4.79. The van der Waals surface area contributed by atoms with Gasteiger partial charge in [0.05, 0.1) is 11.4 Å². The maximum Gasteiger partial charge on any atom is 0.234 e. The number of amides is 1. The second-order valence-corrected chi connectivity index (χ2v) is 5.40. The highest BCUT2D eigenvalue weighted by atomic mass is 79.9. The zero-order valence-electron chi connectivity index (χ0n) is 9.97. The summed E-state index contributed by atoms with van der Waals surface area (Å²) in [7, 11) is 0. The average molecular weight is 325 g/mol. The van der Waals surface area contributed by atoms with Gasteiger partial charge in [0.2, 0.25) is 5.91 Å². The minimum absolute atomic E-state index is 0.0485. The molecule has 0 saturated carbocycles. The molecule has 1 amide bonds. The van der Waals surface area contributed by atoms with Crippen molar-refractivity contribution in [3.8, 4) is 0 Å². The van der Waals surface area contributed by atoms with Crippen LogP contribution in [0, 0.1) is 6.92 Å². The van der Waals surface area contributed by atoms with E-state index in [2.05, 4.69) is 20.9 Å². The summed E-state index contributed by atoms with van der Waals surface area (Å²) in [5.74, 6) is 0.0485. The minimum atomic E-state index is 0.0485. The fourth-order valence-electron chi connectivity index (χ4n) is 1.58. The number of halogens is 1. The quantitative estimate of drug-likeness (QED) is 0.799. The molecule has 0 N–H and O–H groups in total. The van der Waals surface area contributed by atoms with Gasteiger partial charge < -0.3 is 0 Å². The molecule has 5 heteroatoms. The lowest BCUT2D eigenvalue weighted by atomic mass is 10.3. The molecule has 0 radical (unpaired) electrons. The Morgan fingerprint density at radius 3 is 2.67 bits per heavy atom. The molecule has 2 rings (SSSR count). The smallest absolute Gasteiger partial charge is 0.234 e. The van der Waals surface area contributed by atoms with Crippen LogP contribution in [-0.4, -0.2) is 16.2 Å². The van der Waals surface area contributed by atoms with Crippen molar-refractivity contribution in [2.45, 2.75) is 13.3 Å². The minimum Gasteiger partial charge on any atom is -0.274 e. The van der Waals surface area contributed by atoms with Gasteiger partial charge in [0.25, 0.3) is 0 Å². The van der Waals surface area contributed by atoms with E-state index in [9.17, 15) is 4.79 Å². The van der Waals surface area contributed by atoms with Gasteiger partial charge in [0, 0.05) is 17.1 Å². The molecule has 1 aromatic heterocycles. The van der Waals surface area contributed by atoms with Crippen molar-refractivity contribution in [3.63, 3.8) is 0 Å². The molecular formula is C13H13BrN2OS. The Balaban J connectivity index is 2.38. The SMILES string of the molecule is Cc1csc(N(C(=O)CCBr)c2ccccc2)n1. The Hall–Kier alpha value is -1.20. The topological polar surface area (TPSA) is 33.2 Å². The van der Waals surface area contributed by atoms with E-state index in [0.717, 1.165) is 16.5 Å². The van der Waals surface area contributed by atoms with Crippen molar-refractivity contribution in [1.29, 1.82) is 0 Å². The molecule has 0 fully saturated rings. The van der Waals surface area contributed by atoms with Gasteiger partial charge in [-0.05, 0) is 19.1 Å². The molecule has 0 bridgehead atoms. The molecule has 94 valence electrons. The van der Waals surface area contributed by atoms with Crippen LogP contribution in [0.25, 0.3) is 0 Å². The molecule has 1 aromatic carbocycles. The maximum atomic E-state index is 12.2. The number of carbonyl (C=O) groups excluding carboxylic acids is 1. The fraction of sp³-hybridized carbons (Fsp3) is 0.231. The predicted molar refractivity (Wildman–Crippen MR) is 78.9 cm³/mol. The van der Waals surface area contributed by atoms with Crippen molar-refractivity contribution < 1.29 is 4.79 Å². The first-order valence-electron chi connectivity index (χ1n) is 5.58. The number of aromatic nitrogens is 1. The monoisotopic (exact) mass is 324 g/mol. The van der Waals surface area contributed by atoms with Crippen molar-refractivity contribution in [3.05, 3.63) is 41.4 Å². The van der Waals surface area contributed by atoms with Crippen molar-refractivity contribution >= 4 is 44.0 Å². The first-order chi connectivity index (χ1) is 8.72. The first kappa shape index (κ1) is 13.2. The van der Waals surface area contributed by atoms with Crippen LogP contribution in [0.5, 0.6) is 0 Å². The summed E-state index contributed by atoms with van der Waals surface area (Å²) in [5, 5.41) is 3.33. The third-order valence-electron chi connectivity index (χ3n) is 2.37. The van der Waals surface area contributed by atoms with E-state index in [0.29, 0.717) is 11.8 Å². The summed E-state index contributed by atoms with van der Waals surface area (Å²) in [6.45, 7) is 1.93. The largest absolute Gasteiger partial charge is 0.274 e. The van der Waals surface area contributed by atoms with E-state index in [1.807, 2.05) is 42.6 Å². The molecule has 0 spiro atoms. The number of hydrogen-bond donors (Lipinski definition) is 0. The molecule has 3 nitrogen and oxygen atoms in total. The Bertz CT molecular complexity index is 527. The first-order valence-corrected chi connectivity index (χ1v) is 7.58. The van der Waals surface area contributed by atoms with E-state index >= 15 is 0 Å². The lowest BCUT2D eigenvalue weighted by Crippen LogP contribution is -2.25. The second kappa shape index (κ2) is 6.11. The van der Waals surface area contributed by atoms with Gasteiger partial charge in [-0.3, -0.25) is 9.69 Å². The molecule has 0 aliphatic carbocycles. The predicted octanol–water partition coefficient (Wildman–Crippen LogP) is 3.90. The lowest BCUT2D eigenvalue weighted by molar-refractivity contribution is -0.117. The van der Waals surface area contributed by atoms with Crippen LogP contribution in [0.4, 0.5) is 10.8 Å². The van der Waals surface area contributed by atoms with Gasteiger partial charge in [0.1, 0.15) is 0 Å². The normalized spacial score (nSPS) is 10.3. The number of para-hydroxylation sites is 1. The molecule has 2 aromatic rings. The zero-order valence-corrected chi connectivity index (χ0v) is 12.4. The van der Waals surface area contributed by atoms with Gasteiger partial charge >= 0.3 is 0 Å². The number of hydrogen-bond acceptors (Lipinski definition) is 3. The van der Waals surface area contributed by atoms with E-state index in [1.54, 1.807) is 4.90 Å². The van der Waals surface area contributed by atoms with Crippen molar-refractivity contribution in [2.24, 2.45) is 0 Å². The third kappa shape index (κ3) is 2.97. The van der Waals surface area contributed by atoms with Crippen molar-refractivity contribution in [2.75, 3.05) is 10.2 Å². The van der Waals surface area contributed by atoms with Crippen LogP contribution < -0.4 is 4.90 Å². The molecule has 0 aliphatic heterocycles. The summed E-state index contributed by atoms with van der Waals surface area (Å²) in [4.78, 5) is 18.3. The Labute approximate surface area is 119 Å². The van der Waals surface area contributed by atoms with Crippen LogP contribution >= 0.6 is 27.3 Å². The van der Waals surface area contributed by atoms with Gasteiger partial charge in [-0.1, -0.05) is 34.1 Å². The molecule has 0 aliphatic rings. The van der Waals surface area contributed by atoms with Gasteiger partial charge in [-0.25, -0.2) is 4.98 Å². The van der Waals surface area contributed by atoms with E-state index < -0.39 is 0 Å². The van der Waals surface area contributed by atoms with E-state index in [4.69, 9.17) is 0 Å². The van der Waals surface area contributed by atoms with Crippen LogP contribution in [-0.2, 0) is 4.79 Å². The summed E-state index contributed by atoms with van der Waals surface area (Å²) < 4.78 is 0. The molecular weight excluding hydrogens is 312 g/mol. The number of anilines is 2. The molecule has 1 heterocycles. The Morgan fingerprint density at radius 2 is 2.11 bits per heavy atom. The zero-order chi connectivity index (χ0) is 13.0. The number of rotatable bonds is 4. The van der Waals surface area contributed by atoms with Gasteiger partial charge in [0.15, 0.2) is 5.13 Å². The third-order valence-corrected chi connectivity index (χ3v) is 3.71. The number of thiazole rings is 1.